The third-order valence-corrected chi connectivity index (χ3v) is 4.91. The number of nitrogens with two attached hydrogens (primary N) is 1. The molecule has 0 bridgehead atoms. The Bertz CT molecular complexity index is 927. The summed E-state index contributed by atoms with van der Waals surface area (Å²) in [5, 5.41) is 21.5. The van der Waals surface area contributed by atoms with Gasteiger partial charge >= 0.3 is 12.1 Å². The summed E-state index contributed by atoms with van der Waals surface area (Å²) in [7, 11) is 1.02. The fourth-order valence-electron chi connectivity index (χ4n) is 3.05. The number of esters is 1. The number of amidine groups is 1. The monoisotopic (exact) mass is 430 g/mol. The largest absolute Gasteiger partial charge is 0.466 e. The van der Waals surface area contributed by atoms with E-state index >= 15 is 0 Å². The Morgan fingerprint density at radius 1 is 1.41 bits per heavy atom. The van der Waals surface area contributed by atoms with Crippen LogP contribution in [0, 0.1) is 15.5 Å². The quantitative estimate of drug-likeness (QED) is 0.215. The molecule has 0 aromatic heterocycles. The lowest BCUT2D eigenvalue weighted by atomic mass is 9.81. The van der Waals surface area contributed by atoms with Gasteiger partial charge in [0.25, 0.3) is 5.70 Å². The normalized spacial score (nSPS) is 17.1. The Balaban J connectivity index is 2.82. The van der Waals surface area contributed by atoms with Crippen LogP contribution in [0.3, 0.4) is 0 Å². The molecular formula is C17H17F3N4O4S. The van der Waals surface area contributed by atoms with Gasteiger partial charge in [0.05, 0.1) is 28.9 Å². The van der Waals surface area contributed by atoms with Gasteiger partial charge in [-0.05, 0) is 18.6 Å². The van der Waals surface area contributed by atoms with Crippen LogP contribution in [0.15, 0.2) is 46.9 Å². The molecule has 2 rings (SSSR count). The van der Waals surface area contributed by atoms with Gasteiger partial charge in [-0.3, -0.25) is 15.5 Å². The number of carbonyl (C=O) groups is 1. The number of nitrogens with zero attached hydrogens (tertiary/aromatic N) is 1. The van der Waals surface area contributed by atoms with E-state index in [0.717, 1.165) is 37.1 Å². The molecule has 0 amide bonds. The summed E-state index contributed by atoms with van der Waals surface area (Å²) in [6.45, 7) is 1.33. The average Bonchev–Trinajstić information content (AvgIpc) is 2.64. The second kappa shape index (κ2) is 8.55. The van der Waals surface area contributed by atoms with Crippen LogP contribution in [-0.4, -0.2) is 28.9 Å². The number of halogens is 3. The van der Waals surface area contributed by atoms with E-state index in [0.29, 0.717) is 0 Å². The first-order chi connectivity index (χ1) is 13.5. The number of allylic oxidation sites excluding steroid dienone is 2. The molecule has 0 spiro atoms. The average molecular weight is 430 g/mol. The zero-order valence-electron chi connectivity index (χ0n) is 15.3. The number of rotatable bonds is 5. The SMILES string of the molecule is COC(=O)C1=C(CSC(=N)N)NC(C)=C([N+](=O)[O-])C1c1ccccc1C(F)(F)F. The van der Waals surface area contributed by atoms with Crippen molar-refractivity contribution in [3.05, 3.63) is 68.2 Å². The predicted octanol–water partition coefficient (Wildman–Crippen LogP) is 2.95. The number of methoxy groups -OCH3 is 1. The van der Waals surface area contributed by atoms with Gasteiger partial charge in [0, 0.05) is 11.4 Å². The van der Waals surface area contributed by atoms with Crippen molar-refractivity contribution in [2.75, 3.05) is 12.9 Å². The lowest BCUT2D eigenvalue weighted by molar-refractivity contribution is -0.431. The van der Waals surface area contributed by atoms with Gasteiger partial charge < -0.3 is 15.8 Å². The summed E-state index contributed by atoms with van der Waals surface area (Å²) >= 11 is 0.806. The Morgan fingerprint density at radius 3 is 2.55 bits per heavy atom. The van der Waals surface area contributed by atoms with Crippen molar-refractivity contribution >= 4 is 22.9 Å². The third kappa shape index (κ3) is 4.70. The van der Waals surface area contributed by atoms with E-state index in [1.807, 2.05) is 0 Å². The molecule has 4 N–H and O–H groups in total. The van der Waals surface area contributed by atoms with E-state index in [1.54, 1.807) is 0 Å². The molecule has 0 saturated heterocycles. The molecule has 12 heteroatoms. The first kappa shape index (κ1) is 22.3. The molecule has 1 aliphatic heterocycles. The van der Waals surface area contributed by atoms with Crippen molar-refractivity contribution in [1.82, 2.24) is 5.32 Å². The lowest BCUT2D eigenvalue weighted by Gasteiger charge is -2.29. The van der Waals surface area contributed by atoms with Crippen LogP contribution >= 0.6 is 11.8 Å². The summed E-state index contributed by atoms with van der Waals surface area (Å²) in [5.41, 5.74) is 2.89. The number of benzene rings is 1. The van der Waals surface area contributed by atoms with Crippen molar-refractivity contribution in [3.8, 4) is 0 Å². The summed E-state index contributed by atoms with van der Waals surface area (Å²) in [4.78, 5) is 23.4. The molecule has 1 aromatic rings. The van der Waals surface area contributed by atoms with E-state index in [4.69, 9.17) is 15.9 Å². The Hall–Kier alpha value is -3.02. The number of dihydropyridines is 1. The zero-order chi connectivity index (χ0) is 21.9. The van der Waals surface area contributed by atoms with Gasteiger partial charge in [-0.1, -0.05) is 30.0 Å². The molecule has 156 valence electrons. The zero-order valence-corrected chi connectivity index (χ0v) is 16.1. The molecule has 1 unspecified atom stereocenters. The smallest absolute Gasteiger partial charge is 0.416 e. The molecule has 1 aromatic carbocycles. The molecule has 8 nitrogen and oxygen atoms in total. The molecule has 1 heterocycles. The minimum Gasteiger partial charge on any atom is -0.466 e. The van der Waals surface area contributed by atoms with Crippen molar-refractivity contribution in [2.24, 2.45) is 5.73 Å². The molecule has 1 aliphatic rings. The van der Waals surface area contributed by atoms with Crippen LogP contribution in [-0.2, 0) is 15.7 Å². The van der Waals surface area contributed by atoms with Crippen molar-refractivity contribution in [3.63, 3.8) is 0 Å². The number of hydrogen-bond donors (Lipinski definition) is 3. The van der Waals surface area contributed by atoms with Crippen LogP contribution in [0.25, 0.3) is 0 Å². The first-order valence-corrected chi connectivity index (χ1v) is 9.04. The topological polar surface area (TPSA) is 131 Å². The second-order valence-corrected chi connectivity index (χ2v) is 6.96. The van der Waals surface area contributed by atoms with E-state index in [2.05, 4.69) is 5.32 Å². The number of ether oxygens (including phenoxy) is 1. The third-order valence-electron chi connectivity index (χ3n) is 4.16. The molecular weight excluding hydrogens is 413 g/mol. The fourth-order valence-corrected chi connectivity index (χ4v) is 3.58. The van der Waals surface area contributed by atoms with E-state index in [-0.39, 0.29) is 27.9 Å². The van der Waals surface area contributed by atoms with Gasteiger partial charge in [-0.15, -0.1) is 0 Å². The van der Waals surface area contributed by atoms with E-state index in [1.165, 1.54) is 13.0 Å². The number of carbonyl (C=O) groups excluding carboxylic acids is 1. The molecule has 1 atom stereocenters. The fraction of sp³-hybridized carbons (Fsp3) is 0.294. The van der Waals surface area contributed by atoms with E-state index < -0.39 is 39.8 Å². The lowest BCUT2D eigenvalue weighted by Crippen LogP contribution is -2.34. The number of hydrogen-bond acceptors (Lipinski definition) is 7. The summed E-state index contributed by atoms with van der Waals surface area (Å²) in [6.07, 6.45) is -4.80. The predicted molar refractivity (Wildman–Crippen MR) is 100 cm³/mol. The van der Waals surface area contributed by atoms with Crippen LogP contribution in [0.1, 0.15) is 24.0 Å². The number of nitro groups is 1. The molecule has 29 heavy (non-hydrogen) atoms. The summed E-state index contributed by atoms with van der Waals surface area (Å²) in [5.74, 6) is -2.74. The highest BCUT2D eigenvalue weighted by Crippen LogP contribution is 2.44. The van der Waals surface area contributed by atoms with Crippen molar-refractivity contribution in [2.45, 2.75) is 19.0 Å². The highest BCUT2D eigenvalue weighted by atomic mass is 32.2. The Kier molecular flexibility index (Phi) is 6.57. The van der Waals surface area contributed by atoms with Crippen LogP contribution < -0.4 is 11.1 Å². The van der Waals surface area contributed by atoms with Crippen LogP contribution in [0.5, 0.6) is 0 Å². The molecule has 0 saturated carbocycles. The Morgan fingerprint density at radius 2 is 2.03 bits per heavy atom. The number of nitrogens with one attached hydrogen (secondary N) is 2. The summed E-state index contributed by atoms with van der Waals surface area (Å²) < 4.78 is 45.5. The standard InChI is InChI=1S/C17H17F3N4O4S/c1-8-14(24(26)27)12(9-5-3-4-6-10(9)17(18,19)20)13(15(25)28-2)11(23-8)7-29-16(21)22/h3-6,12,23H,7H2,1-2H3,(H3,21,22). The van der Waals surface area contributed by atoms with Gasteiger partial charge in [-0.25, -0.2) is 4.79 Å². The van der Waals surface area contributed by atoms with Crippen molar-refractivity contribution < 1.29 is 27.6 Å². The molecule has 0 fully saturated rings. The van der Waals surface area contributed by atoms with Gasteiger partial charge in [0.15, 0.2) is 5.17 Å². The number of thioether (sulfide) groups is 1. The highest BCUT2D eigenvalue weighted by Gasteiger charge is 2.45. The summed E-state index contributed by atoms with van der Waals surface area (Å²) in [6, 6.07) is 4.35. The maximum atomic E-state index is 13.6. The Labute approximate surface area is 167 Å². The molecule has 0 aliphatic carbocycles. The van der Waals surface area contributed by atoms with Gasteiger partial charge in [0.2, 0.25) is 0 Å². The minimum absolute atomic E-state index is 0.0243. The van der Waals surface area contributed by atoms with Crippen molar-refractivity contribution in [1.29, 1.82) is 5.41 Å². The maximum absolute atomic E-state index is 13.6. The van der Waals surface area contributed by atoms with Crippen LogP contribution in [0.4, 0.5) is 13.2 Å². The number of alkyl halides is 3. The van der Waals surface area contributed by atoms with Gasteiger partial charge in [-0.2, -0.15) is 13.2 Å². The van der Waals surface area contributed by atoms with Gasteiger partial charge in [0.1, 0.15) is 5.92 Å². The molecule has 0 radical (unpaired) electrons. The highest BCUT2D eigenvalue weighted by molar-refractivity contribution is 8.13. The minimum atomic E-state index is -4.80. The van der Waals surface area contributed by atoms with E-state index in [9.17, 15) is 28.1 Å². The first-order valence-electron chi connectivity index (χ1n) is 8.05. The maximum Gasteiger partial charge on any atom is 0.416 e. The van der Waals surface area contributed by atoms with Crippen LogP contribution in [0.2, 0.25) is 0 Å². The second-order valence-electron chi connectivity index (χ2n) is 5.95.